The number of ether oxygens (including phenoxy) is 1. The molecule has 4 heteroatoms. The Morgan fingerprint density at radius 2 is 2.30 bits per heavy atom. The number of nitrogens with zero attached hydrogens (tertiary/aromatic N) is 1. The second-order valence-electron chi connectivity index (χ2n) is 1.57. The van der Waals surface area contributed by atoms with Crippen molar-refractivity contribution in [1.82, 2.24) is 4.98 Å². The number of hydrogen-bond donors (Lipinski definition) is 0. The Morgan fingerprint density at radius 1 is 1.50 bits per heavy atom. The molecule has 0 aliphatic heterocycles. The molecule has 1 rings (SSSR count). The SMILES string of the molecule is FC(F)Oc1cccnc1. The number of hydrogen-bond acceptors (Lipinski definition) is 2. The van der Waals surface area contributed by atoms with Crippen molar-refractivity contribution in [2.24, 2.45) is 0 Å². The Bertz CT molecular complexity index is 190. The monoisotopic (exact) mass is 145 g/mol. The van der Waals surface area contributed by atoms with Gasteiger partial charge in [-0.05, 0) is 12.1 Å². The van der Waals surface area contributed by atoms with E-state index in [9.17, 15) is 8.78 Å². The first kappa shape index (κ1) is 6.92. The molecule has 0 aliphatic carbocycles. The van der Waals surface area contributed by atoms with Gasteiger partial charge in [0, 0.05) is 6.20 Å². The average Bonchev–Trinajstić information content (AvgIpc) is 1.88. The molecule has 0 unspecified atom stereocenters. The summed E-state index contributed by atoms with van der Waals surface area (Å²) in [4.78, 5) is 3.58. The number of aromatic nitrogens is 1. The lowest BCUT2D eigenvalue weighted by Crippen LogP contribution is -2.01. The highest BCUT2D eigenvalue weighted by molar-refractivity contribution is 5.15. The van der Waals surface area contributed by atoms with Crippen LogP contribution in [-0.4, -0.2) is 11.6 Å². The summed E-state index contributed by atoms with van der Waals surface area (Å²) < 4.78 is 27.0. The van der Waals surface area contributed by atoms with Crippen molar-refractivity contribution in [2.75, 3.05) is 0 Å². The fourth-order valence-electron chi connectivity index (χ4n) is 0.520. The third-order valence-electron chi connectivity index (χ3n) is 0.860. The van der Waals surface area contributed by atoms with Gasteiger partial charge >= 0.3 is 6.61 Å². The van der Waals surface area contributed by atoms with Crippen LogP contribution in [0, 0.1) is 0 Å². The van der Waals surface area contributed by atoms with Crippen LogP contribution in [-0.2, 0) is 0 Å². The van der Waals surface area contributed by atoms with Gasteiger partial charge in [0.25, 0.3) is 0 Å². The molecule has 0 saturated carbocycles. The lowest BCUT2D eigenvalue weighted by Gasteiger charge is -2.00. The van der Waals surface area contributed by atoms with E-state index in [1.165, 1.54) is 24.5 Å². The van der Waals surface area contributed by atoms with Gasteiger partial charge in [0.1, 0.15) is 5.75 Å². The van der Waals surface area contributed by atoms with Crippen LogP contribution in [0.15, 0.2) is 24.5 Å². The third kappa shape index (κ3) is 1.97. The third-order valence-corrected chi connectivity index (χ3v) is 0.860. The van der Waals surface area contributed by atoms with Gasteiger partial charge in [-0.1, -0.05) is 0 Å². The maximum absolute atomic E-state index is 11.5. The Balaban J connectivity index is 2.59. The molecule has 0 bridgehead atoms. The molecule has 1 aromatic rings. The van der Waals surface area contributed by atoms with Gasteiger partial charge in [-0.3, -0.25) is 4.98 Å². The first-order valence-electron chi connectivity index (χ1n) is 2.64. The Morgan fingerprint density at radius 3 is 2.80 bits per heavy atom. The zero-order valence-electron chi connectivity index (χ0n) is 5.00. The summed E-state index contributed by atoms with van der Waals surface area (Å²) in [6.07, 6.45) is 2.71. The first-order chi connectivity index (χ1) is 4.79. The molecular weight excluding hydrogens is 140 g/mol. The predicted molar refractivity (Wildman–Crippen MR) is 30.9 cm³/mol. The largest absolute Gasteiger partial charge is 0.433 e. The number of halogens is 2. The minimum atomic E-state index is -2.77. The quantitative estimate of drug-likeness (QED) is 0.631. The van der Waals surface area contributed by atoms with E-state index in [4.69, 9.17) is 0 Å². The molecule has 1 heterocycles. The molecule has 0 atom stereocenters. The lowest BCUT2D eigenvalue weighted by molar-refractivity contribution is -0.0500. The fourth-order valence-corrected chi connectivity index (χ4v) is 0.520. The maximum Gasteiger partial charge on any atom is 0.387 e. The molecule has 0 fully saturated rings. The van der Waals surface area contributed by atoms with E-state index >= 15 is 0 Å². The highest BCUT2D eigenvalue weighted by atomic mass is 19.3. The van der Waals surface area contributed by atoms with E-state index in [1.54, 1.807) is 0 Å². The van der Waals surface area contributed by atoms with Crippen LogP contribution < -0.4 is 4.74 Å². The van der Waals surface area contributed by atoms with E-state index in [1.807, 2.05) is 0 Å². The van der Waals surface area contributed by atoms with Gasteiger partial charge in [0.2, 0.25) is 0 Å². The molecule has 0 spiro atoms. The van der Waals surface area contributed by atoms with Gasteiger partial charge in [0.15, 0.2) is 0 Å². The molecule has 2 nitrogen and oxygen atoms in total. The highest BCUT2D eigenvalue weighted by Gasteiger charge is 2.01. The van der Waals surface area contributed by atoms with Crippen LogP contribution in [0.5, 0.6) is 5.75 Å². The number of pyridine rings is 1. The number of rotatable bonds is 2. The molecule has 0 radical (unpaired) electrons. The van der Waals surface area contributed by atoms with Crippen molar-refractivity contribution in [1.29, 1.82) is 0 Å². The van der Waals surface area contributed by atoms with E-state index in [-0.39, 0.29) is 5.75 Å². The van der Waals surface area contributed by atoms with Crippen LogP contribution in [0.25, 0.3) is 0 Å². The molecule has 0 aliphatic rings. The molecule has 0 saturated heterocycles. The molecular formula is C6H5F2NO. The molecule has 1 aromatic heterocycles. The zero-order chi connectivity index (χ0) is 7.40. The topological polar surface area (TPSA) is 22.1 Å². The average molecular weight is 145 g/mol. The van der Waals surface area contributed by atoms with Crippen molar-refractivity contribution in [3.63, 3.8) is 0 Å². The lowest BCUT2D eigenvalue weighted by atomic mass is 10.5. The first-order valence-corrected chi connectivity index (χ1v) is 2.64. The van der Waals surface area contributed by atoms with Crippen LogP contribution in [0.3, 0.4) is 0 Å². The van der Waals surface area contributed by atoms with E-state index in [0.29, 0.717) is 0 Å². The van der Waals surface area contributed by atoms with Crippen molar-refractivity contribution in [3.8, 4) is 5.75 Å². The van der Waals surface area contributed by atoms with Crippen molar-refractivity contribution in [2.45, 2.75) is 6.61 Å². The predicted octanol–water partition coefficient (Wildman–Crippen LogP) is 1.68. The van der Waals surface area contributed by atoms with Crippen LogP contribution >= 0.6 is 0 Å². The number of alkyl halides is 2. The minimum absolute atomic E-state index is 0.0810. The molecule has 0 aromatic carbocycles. The van der Waals surface area contributed by atoms with Crippen molar-refractivity contribution < 1.29 is 13.5 Å². The normalized spacial score (nSPS) is 9.90. The summed E-state index contributed by atoms with van der Waals surface area (Å²) in [5, 5.41) is 0. The molecule has 0 N–H and O–H groups in total. The summed E-state index contributed by atoms with van der Waals surface area (Å²) in [7, 11) is 0. The van der Waals surface area contributed by atoms with Crippen LogP contribution in [0.4, 0.5) is 8.78 Å². The minimum Gasteiger partial charge on any atom is -0.433 e. The van der Waals surface area contributed by atoms with Gasteiger partial charge in [-0.15, -0.1) is 0 Å². The highest BCUT2D eigenvalue weighted by Crippen LogP contribution is 2.09. The summed E-state index contributed by atoms with van der Waals surface area (Å²) in [5.41, 5.74) is 0. The van der Waals surface area contributed by atoms with Gasteiger partial charge in [0.05, 0.1) is 6.20 Å². The summed E-state index contributed by atoms with van der Waals surface area (Å²) >= 11 is 0. The van der Waals surface area contributed by atoms with E-state index < -0.39 is 6.61 Å². The maximum atomic E-state index is 11.5. The second kappa shape index (κ2) is 3.10. The fraction of sp³-hybridized carbons (Fsp3) is 0.167. The summed E-state index contributed by atoms with van der Waals surface area (Å²) in [5.74, 6) is 0.0810. The van der Waals surface area contributed by atoms with Gasteiger partial charge < -0.3 is 4.74 Å². The van der Waals surface area contributed by atoms with Crippen molar-refractivity contribution in [3.05, 3.63) is 24.5 Å². The van der Waals surface area contributed by atoms with Crippen molar-refractivity contribution >= 4 is 0 Å². The standard InChI is InChI=1S/C6H5F2NO/c7-6(8)10-5-2-1-3-9-4-5/h1-4,6H. The van der Waals surface area contributed by atoms with Gasteiger partial charge in [-0.25, -0.2) is 0 Å². The summed E-state index contributed by atoms with van der Waals surface area (Å²) in [6.45, 7) is -2.77. The Labute approximate surface area is 56.5 Å². The Kier molecular flexibility index (Phi) is 2.15. The Hall–Kier alpha value is -1.19. The van der Waals surface area contributed by atoms with E-state index in [0.717, 1.165) is 0 Å². The smallest absolute Gasteiger partial charge is 0.387 e. The van der Waals surface area contributed by atoms with Crippen LogP contribution in [0.2, 0.25) is 0 Å². The summed E-state index contributed by atoms with van der Waals surface area (Å²) in [6, 6.07) is 2.94. The van der Waals surface area contributed by atoms with E-state index in [2.05, 4.69) is 9.72 Å². The zero-order valence-corrected chi connectivity index (χ0v) is 5.00. The van der Waals surface area contributed by atoms with Crippen LogP contribution in [0.1, 0.15) is 0 Å². The molecule has 10 heavy (non-hydrogen) atoms. The van der Waals surface area contributed by atoms with Gasteiger partial charge in [-0.2, -0.15) is 8.78 Å². The molecule has 54 valence electrons. The molecule has 0 amide bonds. The second-order valence-corrected chi connectivity index (χ2v) is 1.57.